The van der Waals surface area contributed by atoms with Gasteiger partial charge in [-0.3, -0.25) is 0 Å². The Morgan fingerprint density at radius 3 is 2.33 bits per heavy atom. The van der Waals surface area contributed by atoms with Gasteiger partial charge in [-0.1, -0.05) is 26.0 Å². The van der Waals surface area contributed by atoms with E-state index >= 15 is 0 Å². The van der Waals surface area contributed by atoms with Crippen LogP contribution in [0.25, 0.3) is 0 Å². The quantitative estimate of drug-likeness (QED) is 0.891. The van der Waals surface area contributed by atoms with Crippen molar-refractivity contribution in [3.05, 3.63) is 29.3 Å². The van der Waals surface area contributed by atoms with Gasteiger partial charge >= 0.3 is 0 Å². The maximum absolute atomic E-state index is 6.15. The minimum Gasteiger partial charge on any atom is -0.496 e. The van der Waals surface area contributed by atoms with Crippen molar-refractivity contribution in [2.75, 3.05) is 20.3 Å². The van der Waals surface area contributed by atoms with Crippen molar-refractivity contribution in [1.29, 1.82) is 0 Å². The highest BCUT2D eigenvalue weighted by Gasteiger charge is 2.44. The molecule has 100 valence electrons. The van der Waals surface area contributed by atoms with Gasteiger partial charge < -0.3 is 15.2 Å². The molecular formula is C15H23NO2. The summed E-state index contributed by atoms with van der Waals surface area (Å²) in [5, 5.41) is 0. The molecule has 3 heteroatoms. The number of benzene rings is 1. The summed E-state index contributed by atoms with van der Waals surface area (Å²) in [5.41, 5.74) is 8.64. The zero-order chi connectivity index (χ0) is 13.3. The Balaban J connectivity index is 2.43. The molecule has 1 heterocycles. The molecule has 0 saturated carbocycles. The molecule has 3 nitrogen and oxygen atoms in total. The number of ether oxygens (including phenoxy) is 2. The zero-order valence-electron chi connectivity index (χ0n) is 11.7. The fourth-order valence-corrected chi connectivity index (χ4v) is 2.51. The Hall–Kier alpha value is -1.06. The van der Waals surface area contributed by atoms with Crippen molar-refractivity contribution in [3.63, 3.8) is 0 Å². The largest absolute Gasteiger partial charge is 0.496 e. The second-order valence-electron chi connectivity index (χ2n) is 5.55. The summed E-state index contributed by atoms with van der Waals surface area (Å²) >= 11 is 0. The molecule has 1 aromatic carbocycles. The van der Waals surface area contributed by atoms with E-state index in [0.29, 0.717) is 19.1 Å². The molecule has 0 aliphatic carbocycles. The topological polar surface area (TPSA) is 44.5 Å². The van der Waals surface area contributed by atoms with Gasteiger partial charge in [0.25, 0.3) is 0 Å². The average molecular weight is 249 g/mol. The van der Waals surface area contributed by atoms with Gasteiger partial charge in [-0.25, -0.2) is 0 Å². The molecular weight excluding hydrogens is 226 g/mol. The molecule has 1 aromatic rings. The molecule has 1 fully saturated rings. The SMILES string of the molecule is COc1ccc(C2(C(C)N)COC2)cc1C(C)C. The number of rotatable bonds is 4. The van der Waals surface area contributed by atoms with Gasteiger partial charge in [0.2, 0.25) is 0 Å². The van der Waals surface area contributed by atoms with Gasteiger partial charge in [0.1, 0.15) is 5.75 Å². The van der Waals surface area contributed by atoms with E-state index in [0.717, 1.165) is 5.75 Å². The second-order valence-corrected chi connectivity index (χ2v) is 5.55. The first-order valence-electron chi connectivity index (χ1n) is 6.53. The normalized spacial score (nSPS) is 19.4. The first-order chi connectivity index (χ1) is 8.51. The lowest BCUT2D eigenvalue weighted by atomic mass is 9.72. The Morgan fingerprint density at radius 1 is 1.28 bits per heavy atom. The van der Waals surface area contributed by atoms with Crippen LogP contribution in [-0.2, 0) is 10.2 Å². The summed E-state index contributed by atoms with van der Waals surface area (Å²) in [5.74, 6) is 1.39. The minimum atomic E-state index is -0.0179. The predicted octanol–water partition coefficient (Wildman–Crippen LogP) is 2.43. The molecule has 2 N–H and O–H groups in total. The maximum atomic E-state index is 6.15. The zero-order valence-corrected chi connectivity index (χ0v) is 11.7. The highest BCUT2D eigenvalue weighted by molar-refractivity contribution is 5.43. The van der Waals surface area contributed by atoms with E-state index in [-0.39, 0.29) is 11.5 Å². The third kappa shape index (κ3) is 2.02. The molecule has 1 atom stereocenters. The summed E-state index contributed by atoms with van der Waals surface area (Å²) in [4.78, 5) is 0. The van der Waals surface area contributed by atoms with E-state index in [4.69, 9.17) is 15.2 Å². The standard InChI is InChI=1S/C15H23NO2/c1-10(2)13-7-12(5-6-14(13)17-4)15(11(3)16)8-18-9-15/h5-7,10-11H,8-9,16H2,1-4H3. The molecule has 1 unspecified atom stereocenters. The molecule has 0 amide bonds. The maximum Gasteiger partial charge on any atom is 0.122 e. The van der Waals surface area contributed by atoms with Gasteiger partial charge in [-0.15, -0.1) is 0 Å². The highest BCUT2D eigenvalue weighted by Crippen LogP contribution is 2.38. The van der Waals surface area contributed by atoms with Crippen LogP contribution >= 0.6 is 0 Å². The van der Waals surface area contributed by atoms with E-state index in [2.05, 4.69) is 32.9 Å². The van der Waals surface area contributed by atoms with Crippen LogP contribution in [0.2, 0.25) is 0 Å². The molecule has 0 aromatic heterocycles. The number of methoxy groups -OCH3 is 1. The Morgan fingerprint density at radius 2 is 1.94 bits per heavy atom. The first-order valence-corrected chi connectivity index (χ1v) is 6.53. The molecule has 0 radical (unpaired) electrons. The Labute approximate surface area is 109 Å². The highest BCUT2D eigenvalue weighted by atomic mass is 16.5. The van der Waals surface area contributed by atoms with E-state index < -0.39 is 0 Å². The van der Waals surface area contributed by atoms with E-state index in [1.807, 2.05) is 6.07 Å². The monoisotopic (exact) mass is 249 g/mol. The van der Waals surface area contributed by atoms with E-state index in [1.54, 1.807) is 7.11 Å². The molecule has 0 bridgehead atoms. The van der Waals surface area contributed by atoms with Crippen LogP contribution in [0.3, 0.4) is 0 Å². The molecule has 1 aliphatic heterocycles. The van der Waals surface area contributed by atoms with E-state index in [1.165, 1.54) is 11.1 Å². The smallest absolute Gasteiger partial charge is 0.122 e. The summed E-state index contributed by atoms with van der Waals surface area (Å²) < 4.78 is 10.8. The summed E-state index contributed by atoms with van der Waals surface area (Å²) in [6.45, 7) is 7.85. The van der Waals surface area contributed by atoms with Crippen LogP contribution in [-0.4, -0.2) is 26.4 Å². The summed E-state index contributed by atoms with van der Waals surface area (Å²) in [6.07, 6.45) is 0. The van der Waals surface area contributed by atoms with Crippen molar-refractivity contribution < 1.29 is 9.47 Å². The molecule has 18 heavy (non-hydrogen) atoms. The Bertz CT molecular complexity index is 423. The summed E-state index contributed by atoms with van der Waals surface area (Å²) in [7, 11) is 1.72. The Kier molecular flexibility index (Phi) is 3.64. The lowest BCUT2D eigenvalue weighted by molar-refractivity contribution is -0.0702. The molecule has 1 aliphatic rings. The lowest BCUT2D eigenvalue weighted by Gasteiger charge is -2.45. The molecule has 0 spiro atoms. The van der Waals surface area contributed by atoms with Crippen LogP contribution in [0.5, 0.6) is 5.75 Å². The van der Waals surface area contributed by atoms with Gasteiger partial charge in [0.15, 0.2) is 0 Å². The van der Waals surface area contributed by atoms with Crippen LogP contribution in [0.15, 0.2) is 18.2 Å². The van der Waals surface area contributed by atoms with Crippen molar-refractivity contribution in [2.24, 2.45) is 5.73 Å². The first kappa shape index (κ1) is 13.4. The lowest BCUT2D eigenvalue weighted by Crippen LogP contribution is -2.57. The minimum absolute atomic E-state index is 0.0179. The van der Waals surface area contributed by atoms with Crippen LogP contribution in [0, 0.1) is 0 Å². The van der Waals surface area contributed by atoms with Crippen molar-refractivity contribution >= 4 is 0 Å². The van der Waals surface area contributed by atoms with Crippen LogP contribution in [0.4, 0.5) is 0 Å². The fraction of sp³-hybridized carbons (Fsp3) is 0.600. The number of nitrogens with two attached hydrogens (primary N) is 1. The predicted molar refractivity (Wildman–Crippen MR) is 73.2 cm³/mol. The van der Waals surface area contributed by atoms with Gasteiger partial charge in [0.05, 0.1) is 25.7 Å². The van der Waals surface area contributed by atoms with Crippen molar-refractivity contribution in [3.8, 4) is 5.75 Å². The third-order valence-corrected chi connectivity index (χ3v) is 4.02. The number of hydrogen-bond acceptors (Lipinski definition) is 3. The van der Waals surface area contributed by atoms with Gasteiger partial charge in [-0.05, 0) is 30.0 Å². The van der Waals surface area contributed by atoms with Crippen LogP contribution in [0.1, 0.15) is 37.8 Å². The van der Waals surface area contributed by atoms with Crippen molar-refractivity contribution in [2.45, 2.75) is 38.1 Å². The average Bonchev–Trinajstić information content (AvgIpc) is 2.26. The summed E-state index contributed by atoms with van der Waals surface area (Å²) in [6, 6.07) is 6.50. The fourth-order valence-electron chi connectivity index (χ4n) is 2.51. The van der Waals surface area contributed by atoms with E-state index in [9.17, 15) is 0 Å². The van der Waals surface area contributed by atoms with Gasteiger partial charge in [0, 0.05) is 6.04 Å². The molecule has 1 saturated heterocycles. The second kappa shape index (κ2) is 4.90. The third-order valence-electron chi connectivity index (χ3n) is 4.02. The molecule has 2 rings (SSSR count). The van der Waals surface area contributed by atoms with Crippen molar-refractivity contribution in [1.82, 2.24) is 0 Å². The number of hydrogen-bond donors (Lipinski definition) is 1. The van der Waals surface area contributed by atoms with Gasteiger partial charge in [-0.2, -0.15) is 0 Å². The van der Waals surface area contributed by atoms with Crippen LogP contribution < -0.4 is 10.5 Å².